The third-order valence-electron chi connectivity index (χ3n) is 6.98. The first-order valence-electron chi connectivity index (χ1n) is 12.2. The Morgan fingerprint density at radius 2 is 1.71 bits per heavy atom. The van der Waals surface area contributed by atoms with Gasteiger partial charge in [0.25, 0.3) is 0 Å². The summed E-state index contributed by atoms with van der Waals surface area (Å²) in [5.41, 5.74) is 4.53. The Hall–Kier alpha value is -3.61. The Bertz CT molecular complexity index is 1050. The molecule has 1 saturated carbocycles. The number of allylic oxidation sites excluding steroid dienone is 1. The molecule has 1 unspecified atom stereocenters. The lowest BCUT2D eigenvalue weighted by molar-refractivity contribution is -0.143. The van der Waals surface area contributed by atoms with Crippen molar-refractivity contribution in [2.75, 3.05) is 6.61 Å². The summed E-state index contributed by atoms with van der Waals surface area (Å²) in [6.07, 6.45) is 4.48. The molecular weight excluding hydrogens is 444 g/mol. The Balaban J connectivity index is 1.37. The van der Waals surface area contributed by atoms with Crippen molar-refractivity contribution in [1.29, 1.82) is 0 Å². The van der Waals surface area contributed by atoms with Crippen LogP contribution in [0.1, 0.15) is 55.6 Å². The summed E-state index contributed by atoms with van der Waals surface area (Å²) in [6, 6.07) is 15.2. The van der Waals surface area contributed by atoms with E-state index < -0.39 is 24.0 Å². The van der Waals surface area contributed by atoms with Crippen LogP contribution in [0.5, 0.6) is 0 Å². The molecule has 0 heterocycles. The molecule has 4 rings (SSSR count). The predicted molar refractivity (Wildman–Crippen MR) is 133 cm³/mol. The SMILES string of the molecule is C=CCCC(NC(=O)OCC1c2ccccc2-c2ccccc21)C(=O)N[C@@H]1CCC[C@@H](C(=O)O)C1. The molecule has 7 heteroatoms. The molecule has 0 aliphatic heterocycles. The number of carboxylic acid groups (broad SMARTS) is 1. The van der Waals surface area contributed by atoms with Gasteiger partial charge < -0.3 is 20.5 Å². The van der Waals surface area contributed by atoms with Crippen LogP contribution in [0.3, 0.4) is 0 Å². The number of rotatable bonds is 9. The summed E-state index contributed by atoms with van der Waals surface area (Å²) < 4.78 is 5.61. The molecule has 0 saturated heterocycles. The second kappa shape index (κ2) is 11.2. The van der Waals surface area contributed by atoms with E-state index in [9.17, 15) is 19.5 Å². The molecule has 184 valence electrons. The molecule has 2 aliphatic carbocycles. The summed E-state index contributed by atoms with van der Waals surface area (Å²) in [5, 5.41) is 15.0. The van der Waals surface area contributed by atoms with Gasteiger partial charge in [0.2, 0.25) is 5.91 Å². The minimum Gasteiger partial charge on any atom is -0.481 e. The third kappa shape index (κ3) is 5.73. The van der Waals surface area contributed by atoms with Crippen LogP contribution in [0.15, 0.2) is 61.2 Å². The average Bonchev–Trinajstić information content (AvgIpc) is 3.19. The standard InChI is InChI=1S/C28H32N2O5/c1-2-3-15-25(26(31)29-19-10-8-9-18(16-19)27(32)33)30-28(34)35-17-24-22-13-6-4-11-20(22)21-12-5-7-14-23(21)24/h2,4-7,11-14,18-19,24-25H,1,3,8-10,15-17H2,(H,29,31)(H,30,34)(H,32,33)/t18-,19-,25?/m1/s1. The van der Waals surface area contributed by atoms with Gasteiger partial charge in [0.1, 0.15) is 12.6 Å². The molecule has 35 heavy (non-hydrogen) atoms. The quantitative estimate of drug-likeness (QED) is 0.458. The lowest BCUT2D eigenvalue weighted by Crippen LogP contribution is -2.51. The van der Waals surface area contributed by atoms with Crippen LogP contribution in [0.25, 0.3) is 11.1 Å². The fourth-order valence-corrected chi connectivity index (χ4v) is 5.18. The second-order valence-corrected chi connectivity index (χ2v) is 9.30. The smallest absolute Gasteiger partial charge is 0.407 e. The molecule has 2 aromatic rings. The highest BCUT2D eigenvalue weighted by Crippen LogP contribution is 2.44. The van der Waals surface area contributed by atoms with Gasteiger partial charge in [-0.1, -0.05) is 61.0 Å². The van der Waals surface area contributed by atoms with E-state index in [2.05, 4.69) is 41.5 Å². The third-order valence-corrected chi connectivity index (χ3v) is 6.98. The number of fused-ring (bicyclic) bond motifs is 3. The van der Waals surface area contributed by atoms with Crippen molar-refractivity contribution in [2.24, 2.45) is 5.92 Å². The van der Waals surface area contributed by atoms with Gasteiger partial charge in [-0.2, -0.15) is 0 Å². The normalized spacial score (nSPS) is 19.7. The van der Waals surface area contributed by atoms with E-state index in [1.54, 1.807) is 6.08 Å². The zero-order valence-corrected chi connectivity index (χ0v) is 19.7. The van der Waals surface area contributed by atoms with Gasteiger partial charge in [-0.25, -0.2) is 4.79 Å². The maximum Gasteiger partial charge on any atom is 0.407 e. The Morgan fingerprint density at radius 1 is 1.06 bits per heavy atom. The molecular formula is C28H32N2O5. The van der Waals surface area contributed by atoms with E-state index in [1.807, 2.05) is 24.3 Å². The van der Waals surface area contributed by atoms with E-state index >= 15 is 0 Å². The topological polar surface area (TPSA) is 105 Å². The first kappa shape index (κ1) is 24.5. The number of carboxylic acids is 1. The number of carbonyl (C=O) groups excluding carboxylic acids is 2. The molecule has 7 nitrogen and oxygen atoms in total. The van der Waals surface area contributed by atoms with Gasteiger partial charge in [0, 0.05) is 12.0 Å². The molecule has 0 bridgehead atoms. The summed E-state index contributed by atoms with van der Waals surface area (Å²) in [7, 11) is 0. The number of alkyl carbamates (subject to hydrolysis) is 1. The van der Waals surface area contributed by atoms with E-state index in [0.29, 0.717) is 25.7 Å². The molecule has 3 atom stereocenters. The van der Waals surface area contributed by atoms with Crippen molar-refractivity contribution >= 4 is 18.0 Å². The maximum absolute atomic E-state index is 13.0. The highest BCUT2D eigenvalue weighted by atomic mass is 16.5. The molecule has 1 fully saturated rings. The van der Waals surface area contributed by atoms with E-state index in [-0.39, 0.29) is 24.5 Å². The number of hydrogen-bond donors (Lipinski definition) is 3. The molecule has 0 aromatic heterocycles. The van der Waals surface area contributed by atoms with Gasteiger partial charge in [0.15, 0.2) is 0 Å². The van der Waals surface area contributed by atoms with E-state index in [0.717, 1.165) is 35.1 Å². The van der Waals surface area contributed by atoms with Gasteiger partial charge in [0.05, 0.1) is 5.92 Å². The number of carbonyl (C=O) groups is 3. The number of benzene rings is 2. The van der Waals surface area contributed by atoms with Crippen LogP contribution < -0.4 is 10.6 Å². The van der Waals surface area contributed by atoms with E-state index in [1.165, 1.54) is 0 Å². The summed E-state index contributed by atoms with van der Waals surface area (Å²) in [6.45, 7) is 3.87. The maximum atomic E-state index is 13.0. The summed E-state index contributed by atoms with van der Waals surface area (Å²) >= 11 is 0. The fourth-order valence-electron chi connectivity index (χ4n) is 5.18. The van der Waals surface area contributed by atoms with E-state index in [4.69, 9.17) is 4.74 Å². The molecule has 0 radical (unpaired) electrons. The van der Waals surface area contributed by atoms with Crippen molar-refractivity contribution in [1.82, 2.24) is 10.6 Å². The lowest BCUT2D eigenvalue weighted by Gasteiger charge is -2.29. The zero-order valence-electron chi connectivity index (χ0n) is 19.7. The van der Waals surface area contributed by atoms with Crippen LogP contribution in [-0.2, 0) is 14.3 Å². The minimum atomic E-state index is -0.830. The Morgan fingerprint density at radius 3 is 2.34 bits per heavy atom. The lowest BCUT2D eigenvalue weighted by atomic mass is 9.85. The van der Waals surface area contributed by atoms with Gasteiger partial charge >= 0.3 is 12.1 Å². The van der Waals surface area contributed by atoms with Crippen LogP contribution in [0.4, 0.5) is 4.79 Å². The van der Waals surface area contributed by atoms with Crippen molar-refractivity contribution in [2.45, 2.75) is 56.5 Å². The fraction of sp³-hybridized carbons (Fsp3) is 0.393. The predicted octanol–water partition coefficient (Wildman–Crippen LogP) is 4.62. The molecule has 2 aliphatic rings. The Kier molecular flexibility index (Phi) is 7.85. The van der Waals surface area contributed by atoms with Crippen molar-refractivity contribution < 1.29 is 24.2 Å². The summed E-state index contributed by atoms with van der Waals surface area (Å²) in [5.74, 6) is -1.67. The minimum absolute atomic E-state index is 0.0659. The number of hydrogen-bond acceptors (Lipinski definition) is 4. The van der Waals surface area contributed by atoms with Crippen LogP contribution in [-0.4, -0.2) is 41.8 Å². The number of aliphatic carboxylic acids is 1. The number of nitrogens with one attached hydrogen (secondary N) is 2. The van der Waals surface area contributed by atoms with Crippen molar-refractivity contribution in [3.05, 3.63) is 72.3 Å². The first-order valence-corrected chi connectivity index (χ1v) is 12.2. The average molecular weight is 477 g/mol. The summed E-state index contributed by atoms with van der Waals surface area (Å²) in [4.78, 5) is 37.0. The van der Waals surface area contributed by atoms with Crippen LogP contribution in [0.2, 0.25) is 0 Å². The van der Waals surface area contributed by atoms with Gasteiger partial charge in [-0.15, -0.1) is 6.58 Å². The molecule has 2 aromatic carbocycles. The molecule has 3 N–H and O–H groups in total. The highest BCUT2D eigenvalue weighted by Gasteiger charge is 2.31. The Labute approximate surface area is 205 Å². The second-order valence-electron chi connectivity index (χ2n) is 9.30. The van der Waals surface area contributed by atoms with Crippen LogP contribution >= 0.6 is 0 Å². The van der Waals surface area contributed by atoms with Crippen molar-refractivity contribution in [3.63, 3.8) is 0 Å². The van der Waals surface area contributed by atoms with Crippen LogP contribution in [0, 0.1) is 5.92 Å². The molecule has 2 amide bonds. The largest absolute Gasteiger partial charge is 0.481 e. The molecule has 0 spiro atoms. The van der Waals surface area contributed by atoms with Crippen molar-refractivity contribution in [3.8, 4) is 11.1 Å². The highest BCUT2D eigenvalue weighted by molar-refractivity contribution is 5.86. The first-order chi connectivity index (χ1) is 17.0. The monoisotopic (exact) mass is 476 g/mol. The van der Waals surface area contributed by atoms with Gasteiger partial charge in [-0.05, 0) is 54.4 Å². The number of amides is 2. The number of ether oxygens (including phenoxy) is 1. The van der Waals surface area contributed by atoms with Gasteiger partial charge in [-0.3, -0.25) is 9.59 Å². The zero-order chi connectivity index (χ0) is 24.8.